The minimum Gasteiger partial charge on any atom is -0.369 e. The van der Waals surface area contributed by atoms with Gasteiger partial charge in [0.05, 0.1) is 6.61 Å². The number of carbonyl (C=O) groups is 2. The molecule has 6 heteroatoms. The summed E-state index contributed by atoms with van der Waals surface area (Å²) in [6.45, 7) is 0.215. The second kappa shape index (κ2) is 5.29. The third kappa shape index (κ3) is 3.28. The van der Waals surface area contributed by atoms with Crippen LogP contribution in [0.1, 0.15) is 0 Å². The highest BCUT2D eigenvalue weighted by Gasteiger charge is 2.25. The van der Waals surface area contributed by atoms with Gasteiger partial charge in [-0.3, -0.25) is 9.59 Å². The molecular formula is C11H11BrN2O3. The number of hydrogen-bond donors (Lipinski definition) is 2. The van der Waals surface area contributed by atoms with E-state index in [0.29, 0.717) is 5.69 Å². The van der Waals surface area contributed by atoms with Crippen LogP contribution in [0.15, 0.2) is 28.7 Å². The predicted octanol–water partition coefficient (Wildman–Crippen LogP) is 0.903. The van der Waals surface area contributed by atoms with Crippen molar-refractivity contribution < 1.29 is 14.3 Å². The fraction of sp³-hybridized carbons (Fsp3) is 0.273. The molecule has 1 saturated heterocycles. The molecule has 1 aliphatic rings. The summed E-state index contributed by atoms with van der Waals surface area (Å²) in [6, 6.07) is 6.60. The number of nitrogens with one attached hydrogen (secondary N) is 2. The highest BCUT2D eigenvalue weighted by Crippen LogP contribution is 2.15. The summed E-state index contributed by atoms with van der Waals surface area (Å²) < 4.78 is 5.87. The van der Waals surface area contributed by atoms with Gasteiger partial charge in [0.25, 0.3) is 0 Å². The number of amides is 2. The van der Waals surface area contributed by atoms with Gasteiger partial charge in [0.2, 0.25) is 11.8 Å². The van der Waals surface area contributed by atoms with Gasteiger partial charge in [-0.05, 0) is 18.2 Å². The smallest absolute Gasteiger partial charge is 0.249 e. The zero-order valence-electron chi connectivity index (χ0n) is 8.90. The molecule has 2 rings (SSSR count). The van der Waals surface area contributed by atoms with Gasteiger partial charge in [0, 0.05) is 10.2 Å². The summed E-state index contributed by atoms with van der Waals surface area (Å²) >= 11 is 3.31. The molecular weight excluding hydrogens is 288 g/mol. The number of carbonyl (C=O) groups excluding carboxylic acids is 2. The molecule has 0 radical (unpaired) electrons. The Morgan fingerprint density at radius 3 is 3.06 bits per heavy atom. The molecule has 0 saturated carbocycles. The highest BCUT2D eigenvalue weighted by atomic mass is 79.9. The summed E-state index contributed by atoms with van der Waals surface area (Å²) in [6.07, 6.45) is 0. The molecule has 0 aromatic heterocycles. The van der Waals surface area contributed by atoms with E-state index in [4.69, 9.17) is 4.74 Å². The van der Waals surface area contributed by atoms with E-state index in [0.717, 1.165) is 4.47 Å². The first kappa shape index (κ1) is 12.1. The molecule has 0 bridgehead atoms. The largest absolute Gasteiger partial charge is 0.369 e. The SMILES string of the molecule is O=C1COCC(C(=O)Nc2cccc(Br)c2)N1. The monoisotopic (exact) mass is 298 g/mol. The molecule has 1 aromatic rings. The number of hydrogen-bond acceptors (Lipinski definition) is 3. The van der Waals surface area contributed by atoms with E-state index in [1.54, 1.807) is 12.1 Å². The van der Waals surface area contributed by atoms with Crippen LogP contribution >= 0.6 is 15.9 Å². The van der Waals surface area contributed by atoms with Crippen LogP contribution in [0.4, 0.5) is 5.69 Å². The molecule has 1 fully saturated rings. The maximum atomic E-state index is 11.8. The lowest BCUT2D eigenvalue weighted by molar-refractivity contribution is -0.136. The third-order valence-corrected chi connectivity index (χ3v) is 2.75. The van der Waals surface area contributed by atoms with Crippen molar-refractivity contribution in [3.63, 3.8) is 0 Å². The van der Waals surface area contributed by atoms with Crippen LogP contribution in [-0.2, 0) is 14.3 Å². The Morgan fingerprint density at radius 1 is 1.53 bits per heavy atom. The molecule has 1 heterocycles. The second-order valence-corrected chi connectivity index (χ2v) is 4.55. The van der Waals surface area contributed by atoms with Crippen LogP contribution in [0.3, 0.4) is 0 Å². The van der Waals surface area contributed by atoms with Gasteiger partial charge in [-0.1, -0.05) is 22.0 Å². The Hall–Kier alpha value is -1.40. The van der Waals surface area contributed by atoms with Crippen LogP contribution in [0.5, 0.6) is 0 Å². The molecule has 1 unspecified atom stereocenters. The fourth-order valence-corrected chi connectivity index (χ4v) is 1.88. The average Bonchev–Trinajstić information content (AvgIpc) is 2.29. The Morgan fingerprint density at radius 2 is 2.35 bits per heavy atom. The molecule has 17 heavy (non-hydrogen) atoms. The first-order valence-corrected chi connectivity index (χ1v) is 5.88. The summed E-state index contributed by atoms with van der Waals surface area (Å²) in [5.74, 6) is -0.554. The number of halogens is 1. The van der Waals surface area contributed by atoms with Crippen LogP contribution in [0.2, 0.25) is 0 Å². The predicted molar refractivity (Wildman–Crippen MR) is 65.5 cm³/mol. The summed E-state index contributed by atoms with van der Waals surface area (Å²) in [5.41, 5.74) is 0.671. The van der Waals surface area contributed by atoms with Gasteiger partial charge in [-0.25, -0.2) is 0 Å². The third-order valence-electron chi connectivity index (χ3n) is 2.26. The molecule has 1 aromatic carbocycles. The van der Waals surface area contributed by atoms with Crippen molar-refractivity contribution in [1.29, 1.82) is 0 Å². The molecule has 5 nitrogen and oxygen atoms in total. The van der Waals surface area contributed by atoms with Crippen molar-refractivity contribution in [3.05, 3.63) is 28.7 Å². The molecule has 90 valence electrons. The van der Waals surface area contributed by atoms with Crippen molar-refractivity contribution >= 4 is 33.4 Å². The Labute approximate surface area is 107 Å². The maximum Gasteiger partial charge on any atom is 0.249 e. The Balaban J connectivity index is 1.99. The second-order valence-electron chi connectivity index (χ2n) is 3.63. The van der Waals surface area contributed by atoms with Crippen LogP contribution in [0, 0.1) is 0 Å². The lowest BCUT2D eigenvalue weighted by atomic mass is 10.2. The van der Waals surface area contributed by atoms with Crippen LogP contribution in [0.25, 0.3) is 0 Å². The number of benzene rings is 1. The quantitative estimate of drug-likeness (QED) is 0.852. The lowest BCUT2D eigenvalue weighted by Crippen LogP contribution is -2.51. The molecule has 1 atom stereocenters. The standard InChI is InChI=1S/C11H11BrN2O3/c12-7-2-1-3-8(4-7)13-11(16)9-5-17-6-10(15)14-9/h1-4,9H,5-6H2,(H,13,16)(H,14,15). The number of rotatable bonds is 2. The summed E-state index contributed by atoms with van der Waals surface area (Å²) in [5, 5.41) is 5.27. The van der Waals surface area contributed by atoms with Gasteiger partial charge in [-0.15, -0.1) is 0 Å². The first-order chi connectivity index (χ1) is 8.15. The Bertz CT molecular complexity index is 450. The van der Waals surface area contributed by atoms with Crippen molar-refractivity contribution in [2.75, 3.05) is 18.5 Å². The lowest BCUT2D eigenvalue weighted by Gasteiger charge is -2.22. The van der Waals surface area contributed by atoms with E-state index < -0.39 is 6.04 Å². The molecule has 2 N–H and O–H groups in total. The van der Waals surface area contributed by atoms with Gasteiger partial charge in [0.1, 0.15) is 12.6 Å². The van der Waals surface area contributed by atoms with E-state index in [1.807, 2.05) is 12.1 Å². The minimum atomic E-state index is -0.629. The van der Waals surface area contributed by atoms with E-state index in [9.17, 15) is 9.59 Å². The molecule has 2 amide bonds. The zero-order chi connectivity index (χ0) is 12.3. The minimum absolute atomic E-state index is 0.0145. The molecule has 0 aliphatic carbocycles. The number of anilines is 1. The normalized spacial score (nSPS) is 19.6. The zero-order valence-corrected chi connectivity index (χ0v) is 10.5. The van der Waals surface area contributed by atoms with E-state index >= 15 is 0 Å². The molecule has 0 spiro atoms. The summed E-state index contributed by atoms with van der Waals surface area (Å²) in [7, 11) is 0. The first-order valence-electron chi connectivity index (χ1n) is 5.09. The van der Waals surface area contributed by atoms with E-state index in [1.165, 1.54) is 0 Å². The molecule has 1 aliphatic heterocycles. The van der Waals surface area contributed by atoms with Gasteiger partial charge >= 0.3 is 0 Å². The van der Waals surface area contributed by atoms with Crippen LogP contribution < -0.4 is 10.6 Å². The van der Waals surface area contributed by atoms with E-state index in [-0.39, 0.29) is 25.0 Å². The van der Waals surface area contributed by atoms with Gasteiger partial charge in [0.15, 0.2) is 0 Å². The van der Waals surface area contributed by atoms with Crippen LogP contribution in [-0.4, -0.2) is 31.1 Å². The van der Waals surface area contributed by atoms with Crippen molar-refractivity contribution in [2.24, 2.45) is 0 Å². The number of ether oxygens (including phenoxy) is 1. The topological polar surface area (TPSA) is 67.4 Å². The Kier molecular flexibility index (Phi) is 3.75. The van der Waals surface area contributed by atoms with Crippen molar-refractivity contribution in [2.45, 2.75) is 6.04 Å². The maximum absolute atomic E-state index is 11.8. The van der Waals surface area contributed by atoms with Crippen molar-refractivity contribution in [1.82, 2.24) is 5.32 Å². The number of morpholine rings is 1. The van der Waals surface area contributed by atoms with Gasteiger partial charge < -0.3 is 15.4 Å². The fourth-order valence-electron chi connectivity index (χ4n) is 1.48. The highest BCUT2D eigenvalue weighted by molar-refractivity contribution is 9.10. The van der Waals surface area contributed by atoms with E-state index in [2.05, 4.69) is 26.6 Å². The van der Waals surface area contributed by atoms with Crippen molar-refractivity contribution in [3.8, 4) is 0 Å². The summed E-state index contributed by atoms with van der Waals surface area (Å²) in [4.78, 5) is 22.9. The average molecular weight is 299 g/mol. The van der Waals surface area contributed by atoms with Gasteiger partial charge in [-0.2, -0.15) is 0 Å².